The molecule has 3 aromatic rings. The number of nitro groups is 1. The Hall–Kier alpha value is -3.71. The number of nitro benzene ring substituents is 1. The van der Waals surface area contributed by atoms with Crippen molar-refractivity contribution in [2.24, 2.45) is 0 Å². The Kier molecular flexibility index (Phi) is 6.77. The van der Waals surface area contributed by atoms with Crippen molar-refractivity contribution in [2.75, 3.05) is 31.5 Å². The van der Waals surface area contributed by atoms with E-state index in [1.807, 2.05) is 12.1 Å². The number of nitrogens with one attached hydrogen (secondary N) is 1. The highest BCUT2D eigenvalue weighted by Crippen LogP contribution is 2.26. The van der Waals surface area contributed by atoms with Gasteiger partial charge in [-0.15, -0.1) is 0 Å². The van der Waals surface area contributed by atoms with Gasteiger partial charge in [0.1, 0.15) is 0 Å². The standard InChI is InChI=1S/C25H26N4O3/c30-25(26-22-11-13-23(14-12-22)29(31)32)28-17-15-27(16-18-28)24(21-9-5-2-6-10-21)19-20-7-3-1-4-8-20/h1-14,24H,15-19H2,(H,26,30). The number of nitrogens with zero attached hydrogens (tertiary/aromatic N) is 3. The van der Waals surface area contributed by atoms with E-state index in [-0.39, 0.29) is 17.8 Å². The molecule has 0 aromatic heterocycles. The maximum Gasteiger partial charge on any atom is 0.321 e. The van der Waals surface area contributed by atoms with E-state index >= 15 is 0 Å². The number of carbonyl (C=O) groups excluding carboxylic acids is 1. The lowest BCUT2D eigenvalue weighted by molar-refractivity contribution is -0.384. The third-order valence-electron chi connectivity index (χ3n) is 5.83. The van der Waals surface area contributed by atoms with Crippen LogP contribution in [0, 0.1) is 10.1 Å². The largest absolute Gasteiger partial charge is 0.322 e. The van der Waals surface area contributed by atoms with Gasteiger partial charge < -0.3 is 10.2 Å². The van der Waals surface area contributed by atoms with Gasteiger partial charge in [-0.3, -0.25) is 15.0 Å². The number of rotatable bonds is 6. The first-order valence-electron chi connectivity index (χ1n) is 10.7. The first-order valence-corrected chi connectivity index (χ1v) is 10.7. The number of carbonyl (C=O) groups is 1. The van der Waals surface area contributed by atoms with Crippen LogP contribution in [0.25, 0.3) is 0 Å². The topological polar surface area (TPSA) is 78.7 Å². The number of non-ortho nitro benzene ring substituents is 1. The maximum absolute atomic E-state index is 12.7. The van der Waals surface area contributed by atoms with Gasteiger partial charge in [0.2, 0.25) is 0 Å². The van der Waals surface area contributed by atoms with Gasteiger partial charge in [0, 0.05) is 50.0 Å². The highest BCUT2D eigenvalue weighted by atomic mass is 16.6. The number of amides is 2. The average molecular weight is 431 g/mol. The van der Waals surface area contributed by atoms with Crippen molar-refractivity contribution in [3.05, 3.63) is 106 Å². The van der Waals surface area contributed by atoms with Crippen LogP contribution in [0.5, 0.6) is 0 Å². The molecule has 1 fully saturated rings. The van der Waals surface area contributed by atoms with Gasteiger partial charge in [0.25, 0.3) is 5.69 Å². The number of benzene rings is 3. The third-order valence-corrected chi connectivity index (χ3v) is 5.83. The molecule has 1 aliphatic rings. The Morgan fingerprint density at radius 2 is 1.47 bits per heavy atom. The van der Waals surface area contributed by atoms with Gasteiger partial charge in [-0.2, -0.15) is 0 Å². The molecule has 1 aliphatic heterocycles. The maximum atomic E-state index is 12.7. The smallest absolute Gasteiger partial charge is 0.321 e. The molecule has 0 saturated carbocycles. The number of hydrogen-bond donors (Lipinski definition) is 1. The van der Waals surface area contributed by atoms with Gasteiger partial charge in [-0.25, -0.2) is 4.79 Å². The number of anilines is 1. The van der Waals surface area contributed by atoms with Gasteiger partial charge in [0.15, 0.2) is 0 Å². The molecule has 7 nitrogen and oxygen atoms in total. The van der Waals surface area contributed by atoms with Crippen LogP contribution in [-0.2, 0) is 6.42 Å². The van der Waals surface area contributed by atoms with Crippen LogP contribution in [0.2, 0.25) is 0 Å². The molecule has 0 spiro atoms. The zero-order chi connectivity index (χ0) is 22.3. The normalized spacial score (nSPS) is 15.2. The molecule has 1 heterocycles. The quantitative estimate of drug-likeness (QED) is 0.453. The lowest BCUT2D eigenvalue weighted by Crippen LogP contribution is -2.51. The predicted octanol–water partition coefficient (Wildman–Crippen LogP) is 4.73. The summed E-state index contributed by atoms with van der Waals surface area (Å²) in [6.45, 7) is 2.80. The second kappa shape index (κ2) is 10.1. The molecule has 0 aliphatic carbocycles. The van der Waals surface area contributed by atoms with Crippen LogP contribution >= 0.6 is 0 Å². The zero-order valence-electron chi connectivity index (χ0n) is 17.8. The fourth-order valence-corrected chi connectivity index (χ4v) is 4.08. The minimum atomic E-state index is -0.455. The fraction of sp³-hybridized carbons (Fsp3) is 0.240. The molecule has 1 saturated heterocycles. The molecule has 3 aromatic carbocycles. The SMILES string of the molecule is O=C(Nc1ccc([N+](=O)[O-])cc1)N1CCN(C(Cc2ccccc2)c2ccccc2)CC1. The molecule has 1 N–H and O–H groups in total. The summed E-state index contributed by atoms with van der Waals surface area (Å²) in [5.74, 6) is 0. The van der Waals surface area contributed by atoms with E-state index in [4.69, 9.17) is 0 Å². The van der Waals surface area contributed by atoms with E-state index in [0.717, 1.165) is 19.5 Å². The average Bonchev–Trinajstić information content (AvgIpc) is 2.84. The molecule has 2 amide bonds. The summed E-state index contributed by atoms with van der Waals surface area (Å²) in [7, 11) is 0. The van der Waals surface area contributed by atoms with Gasteiger partial charge >= 0.3 is 6.03 Å². The lowest BCUT2D eigenvalue weighted by atomic mass is 9.96. The minimum Gasteiger partial charge on any atom is -0.322 e. The molecule has 4 rings (SSSR count). The summed E-state index contributed by atoms with van der Waals surface area (Å²) >= 11 is 0. The molecule has 1 atom stereocenters. The predicted molar refractivity (Wildman–Crippen MR) is 125 cm³/mol. The number of hydrogen-bond acceptors (Lipinski definition) is 4. The van der Waals surface area contributed by atoms with E-state index in [1.165, 1.54) is 23.3 Å². The van der Waals surface area contributed by atoms with Crippen LogP contribution in [0.4, 0.5) is 16.2 Å². The van der Waals surface area contributed by atoms with E-state index in [0.29, 0.717) is 18.8 Å². The Bertz CT molecular complexity index is 1030. The van der Waals surface area contributed by atoms with Crippen molar-refractivity contribution in [3.63, 3.8) is 0 Å². The molecule has 1 unspecified atom stereocenters. The van der Waals surface area contributed by atoms with Crippen molar-refractivity contribution >= 4 is 17.4 Å². The Morgan fingerprint density at radius 3 is 2.06 bits per heavy atom. The van der Waals surface area contributed by atoms with Crippen LogP contribution in [0.3, 0.4) is 0 Å². The van der Waals surface area contributed by atoms with Crippen molar-refractivity contribution < 1.29 is 9.72 Å². The Labute approximate surface area is 187 Å². The molecule has 7 heteroatoms. The van der Waals surface area contributed by atoms with E-state index < -0.39 is 4.92 Å². The third kappa shape index (κ3) is 5.31. The van der Waals surface area contributed by atoms with Crippen LogP contribution < -0.4 is 5.32 Å². The first kappa shape index (κ1) is 21.5. The molecule has 32 heavy (non-hydrogen) atoms. The fourth-order valence-electron chi connectivity index (χ4n) is 4.08. The first-order chi connectivity index (χ1) is 15.6. The summed E-state index contributed by atoms with van der Waals surface area (Å²) in [6.07, 6.45) is 0.917. The summed E-state index contributed by atoms with van der Waals surface area (Å²) < 4.78 is 0. The Morgan fingerprint density at radius 1 is 0.875 bits per heavy atom. The van der Waals surface area contributed by atoms with Crippen LogP contribution in [0.1, 0.15) is 17.2 Å². The van der Waals surface area contributed by atoms with Crippen molar-refractivity contribution in [2.45, 2.75) is 12.5 Å². The van der Waals surface area contributed by atoms with Crippen LogP contribution in [0.15, 0.2) is 84.9 Å². The number of urea groups is 1. The summed E-state index contributed by atoms with van der Waals surface area (Å²) in [4.78, 5) is 27.3. The van der Waals surface area contributed by atoms with Gasteiger partial charge in [-0.1, -0.05) is 60.7 Å². The van der Waals surface area contributed by atoms with Gasteiger partial charge in [0.05, 0.1) is 4.92 Å². The second-order valence-electron chi connectivity index (χ2n) is 7.87. The lowest BCUT2D eigenvalue weighted by Gasteiger charge is -2.39. The van der Waals surface area contributed by atoms with E-state index in [9.17, 15) is 14.9 Å². The van der Waals surface area contributed by atoms with Crippen molar-refractivity contribution in [1.29, 1.82) is 0 Å². The monoisotopic (exact) mass is 430 g/mol. The summed E-state index contributed by atoms with van der Waals surface area (Å²) in [6, 6.07) is 26.9. The molecular weight excluding hydrogens is 404 g/mol. The minimum absolute atomic E-state index is 0.00184. The van der Waals surface area contributed by atoms with Crippen LogP contribution in [-0.4, -0.2) is 46.9 Å². The molecular formula is C25H26N4O3. The van der Waals surface area contributed by atoms with Crippen molar-refractivity contribution in [1.82, 2.24) is 9.80 Å². The van der Waals surface area contributed by atoms with E-state index in [2.05, 4.69) is 58.7 Å². The van der Waals surface area contributed by atoms with Gasteiger partial charge in [-0.05, 0) is 29.7 Å². The highest BCUT2D eigenvalue weighted by Gasteiger charge is 2.27. The molecule has 164 valence electrons. The second-order valence-corrected chi connectivity index (χ2v) is 7.87. The highest BCUT2D eigenvalue weighted by molar-refractivity contribution is 5.89. The van der Waals surface area contributed by atoms with Crippen molar-refractivity contribution in [3.8, 4) is 0 Å². The number of piperazine rings is 1. The van der Waals surface area contributed by atoms with E-state index in [1.54, 1.807) is 17.0 Å². The Balaban J connectivity index is 1.39. The molecule has 0 bridgehead atoms. The zero-order valence-corrected chi connectivity index (χ0v) is 17.8. The molecule has 0 radical (unpaired) electrons. The summed E-state index contributed by atoms with van der Waals surface area (Å²) in [5, 5.41) is 13.6. The summed E-state index contributed by atoms with van der Waals surface area (Å²) in [5.41, 5.74) is 3.12.